The molecule has 0 radical (unpaired) electrons. The van der Waals surface area contributed by atoms with Crippen LogP contribution in [0, 0.1) is 0 Å². The number of carbonyl (C=O) groups is 1. The summed E-state index contributed by atoms with van der Waals surface area (Å²) in [6.45, 7) is 1.60. The van der Waals surface area contributed by atoms with Gasteiger partial charge in [0.2, 0.25) is 10.0 Å². The Labute approximate surface area is 88.6 Å². The lowest BCUT2D eigenvalue weighted by Crippen LogP contribution is -2.41. The van der Waals surface area contributed by atoms with Gasteiger partial charge in [-0.05, 0) is 6.42 Å². The fraction of sp³-hybridized carbons (Fsp3) is 0.875. The van der Waals surface area contributed by atoms with E-state index in [2.05, 4.69) is 0 Å². The number of aliphatic carboxylic acids is 1. The van der Waals surface area contributed by atoms with Crippen LogP contribution in [-0.2, 0) is 14.8 Å². The monoisotopic (exact) mass is 237 g/mol. The predicted molar refractivity (Wildman–Crippen MR) is 52.8 cm³/mol. The Morgan fingerprint density at radius 1 is 1.53 bits per heavy atom. The summed E-state index contributed by atoms with van der Waals surface area (Å²) in [7, 11) is -3.54. The standard InChI is InChI=1S/C8H15NO5S/c1-2-3-15(13,14)9-5-6(10)4-7(9)8(11)12/h6-7,10H,2-5H2,1H3,(H,11,12)/t6-,7-/m1/s1. The summed E-state index contributed by atoms with van der Waals surface area (Å²) in [5.74, 6) is -1.28. The first-order valence-electron chi connectivity index (χ1n) is 4.79. The highest BCUT2D eigenvalue weighted by Gasteiger charge is 2.42. The molecule has 0 aliphatic carbocycles. The summed E-state index contributed by atoms with van der Waals surface area (Å²) in [6.07, 6.45) is -0.475. The molecule has 0 amide bonds. The zero-order valence-corrected chi connectivity index (χ0v) is 9.27. The molecule has 0 aromatic rings. The first-order valence-corrected chi connectivity index (χ1v) is 6.39. The van der Waals surface area contributed by atoms with Gasteiger partial charge in [0, 0.05) is 13.0 Å². The van der Waals surface area contributed by atoms with Crippen LogP contribution in [0.3, 0.4) is 0 Å². The van der Waals surface area contributed by atoms with E-state index < -0.39 is 28.1 Å². The van der Waals surface area contributed by atoms with E-state index >= 15 is 0 Å². The maximum atomic E-state index is 11.6. The average molecular weight is 237 g/mol. The highest BCUT2D eigenvalue weighted by molar-refractivity contribution is 7.89. The molecule has 6 nitrogen and oxygen atoms in total. The molecule has 0 saturated carbocycles. The molecule has 1 saturated heterocycles. The van der Waals surface area contributed by atoms with Crippen LogP contribution < -0.4 is 0 Å². The number of rotatable bonds is 4. The van der Waals surface area contributed by atoms with Crippen molar-refractivity contribution >= 4 is 16.0 Å². The van der Waals surface area contributed by atoms with Crippen LogP contribution in [0.25, 0.3) is 0 Å². The number of hydrogen-bond donors (Lipinski definition) is 2. The Morgan fingerprint density at radius 3 is 2.60 bits per heavy atom. The molecule has 1 heterocycles. The third-order valence-corrected chi connectivity index (χ3v) is 4.38. The van der Waals surface area contributed by atoms with Crippen LogP contribution >= 0.6 is 0 Å². The van der Waals surface area contributed by atoms with Crippen molar-refractivity contribution in [2.75, 3.05) is 12.3 Å². The van der Waals surface area contributed by atoms with Gasteiger partial charge < -0.3 is 10.2 Å². The molecule has 0 aromatic heterocycles. The minimum absolute atomic E-state index is 0.0295. The summed E-state index contributed by atoms with van der Waals surface area (Å²) >= 11 is 0. The van der Waals surface area contributed by atoms with Gasteiger partial charge >= 0.3 is 5.97 Å². The zero-order chi connectivity index (χ0) is 11.6. The number of sulfonamides is 1. The largest absolute Gasteiger partial charge is 0.480 e. The molecular formula is C8H15NO5S. The van der Waals surface area contributed by atoms with Gasteiger partial charge in [0.1, 0.15) is 6.04 Å². The maximum absolute atomic E-state index is 11.6. The third kappa shape index (κ3) is 2.67. The lowest BCUT2D eigenvalue weighted by Gasteiger charge is -2.20. The van der Waals surface area contributed by atoms with Crippen LogP contribution in [0.1, 0.15) is 19.8 Å². The van der Waals surface area contributed by atoms with Crippen molar-refractivity contribution in [1.29, 1.82) is 0 Å². The summed E-state index contributed by atoms with van der Waals surface area (Å²) in [5, 5.41) is 18.1. The Balaban J connectivity index is 2.88. The Hall–Kier alpha value is -0.660. The molecule has 7 heteroatoms. The number of β-amino-alcohol motifs (C(OH)–C–C–N with tert-alkyl or cyclic N) is 1. The van der Waals surface area contributed by atoms with Crippen molar-refractivity contribution in [2.45, 2.75) is 31.9 Å². The van der Waals surface area contributed by atoms with E-state index in [1.807, 2.05) is 0 Å². The maximum Gasteiger partial charge on any atom is 0.322 e. The summed E-state index contributed by atoms with van der Waals surface area (Å²) < 4.78 is 24.2. The fourth-order valence-electron chi connectivity index (χ4n) is 1.69. The van der Waals surface area contributed by atoms with Crippen molar-refractivity contribution < 1.29 is 23.4 Å². The zero-order valence-electron chi connectivity index (χ0n) is 8.46. The second kappa shape index (κ2) is 4.46. The van der Waals surface area contributed by atoms with Crippen molar-refractivity contribution in [3.63, 3.8) is 0 Å². The van der Waals surface area contributed by atoms with Crippen molar-refractivity contribution in [3.05, 3.63) is 0 Å². The molecular weight excluding hydrogens is 222 g/mol. The van der Waals surface area contributed by atoms with Gasteiger partial charge in [-0.2, -0.15) is 4.31 Å². The van der Waals surface area contributed by atoms with Gasteiger partial charge in [-0.1, -0.05) is 6.92 Å². The Morgan fingerprint density at radius 2 is 2.13 bits per heavy atom. The van der Waals surface area contributed by atoms with E-state index in [0.29, 0.717) is 6.42 Å². The Kier molecular flexibility index (Phi) is 3.69. The second-order valence-corrected chi connectivity index (χ2v) is 5.67. The first kappa shape index (κ1) is 12.4. The van der Waals surface area contributed by atoms with Crippen LogP contribution in [0.4, 0.5) is 0 Å². The number of aliphatic hydroxyl groups excluding tert-OH is 1. The molecule has 0 unspecified atom stereocenters. The minimum atomic E-state index is -3.54. The van der Waals surface area contributed by atoms with Gasteiger partial charge in [0.05, 0.1) is 11.9 Å². The van der Waals surface area contributed by atoms with E-state index in [9.17, 15) is 18.3 Å². The summed E-state index contributed by atoms with van der Waals surface area (Å²) in [6, 6.07) is -1.11. The smallest absolute Gasteiger partial charge is 0.322 e. The lowest BCUT2D eigenvalue weighted by molar-refractivity contribution is -0.140. The van der Waals surface area contributed by atoms with Gasteiger partial charge in [-0.25, -0.2) is 8.42 Å². The van der Waals surface area contributed by atoms with E-state index in [0.717, 1.165) is 4.31 Å². The molecule has 2 N–H and O–H groups in total. The first-order chi connectivity index (χ1) is 6.88. The van der Waals surface area contributed by atoms with Crippen molar-refractivity contribution in [3.8, 4) is 0 Å². The summed E-state index contributed by atoms with van der Waals surface area (Å²) in [5.41, 5.74) is 0. The fourth-order valence-corrected chi connectivity index (χ4v) is 3.40. The molecule has 15 heavy (non-hydrogen) atoms. The number of nitrogens with zero attached hydrogens (tertiary/aromatic N) is 1. The van der Waals surface area contributed by atoms with Gasteiger partial charge in [-0.15, -0.1) is 0 Å². The van der Waals surface area contributed by atoms with E-state index in [-0.39, 0.29) is 18.7 Å². The van der Waals surface area contributed by atoms with Crippen LogP contribution in [0.5, 0.6) is 0 Å². The van der Waals surface area contributed by atoms with Crippen LogP contribution in [0.15, 0.2) is 0 Å². The normalized spacial score (nSPS) is 28.1. The lowest BCUT2D eigenvalue weighted by atomic mass is 10.2. The van der Waals surface area contributed by atoms with Crippen LogP contribution in [-0.4, -0.2) is 53.3 Å². The predicted octanol–water partition coefficient (Wildman–Crippen LogP) is -0.754. The molecule has 1 rings (SSSR count). The van der Waals surface area contributed by atoms with Gasteiger partial charge in [0.15, 0.2) is 0 Å². The van der Waals surface area contributed by atoms with Crippen LogP contribution in [0.2, 0.25) is 0 Å². The van der Waals surface area contributed by atoms with Crippen molar-refractivity contribution in [1.82, 2.24) is 4.31 Å². The molecule has 1 aliphatic heterocycles. The average Bonchev–Trinajstić information content (AvgIpc) is 2.47. The third-order valence-electron chi connectivity index (χ3n) is 2.34. The molecule has 88 valence electrons. The van der Waals surface area contributed by atoms with Gasteiger partial charge in [-0.3, -0.25) is 4.79 Å². The SMILES string of the molecule is CCCS(=O)(=O)N1C[C@H](O)C[C@@H]1C(=O)O. The second-order valence-electron chi connectivity index (χ2n) is 3.63. The number of aliphatic hydroxyl groups is 1. The highest BCUT2D eigenvalue weighted by Crippen LogP contribution is 2.22. The van der Waals surface area contributed by atoms with Gasteiger partial charge in [0.25, 0.3) is 0 Å². The molecule has 1 fully saturated rings. The number of carboxylic acids is 1. The van der Waals surface area contributed by atoms with Crippen molar-refractivity contribution in [2.24, 2.45) is 0 Å². The highest BCUT2D eigenvalue weighted by atomic mass is 32.2. The van der Waals surface area contributed by atoms with E-state index in [4.69, 9.17) is 5.11 Å². The van der Waals surface area contributed by atoms with E-state index in [1.54, 1.807) is 6.92 Å². The minimum Gasteiger partial charge on any atom is -0.480 e. The molecule has 0 bridgehead atoms. The topological polar surface area (TPSA) is 94.9 Å². The quantitative estimate of drug-likeness (QED) is 0.670. The Bertz CT molecular complexity index is 339. The molecule has 2 atom stereocenters. The van der Waals surface area contributed by atoms with E-state index in [1.165, 1.54) is 0 Å². The number of hydrogen-bond acceptors (Lipinski definition) is 4. The molecule has 0 spiro atoms. The number of carboxylic acid groups (broad SMARTS) is 1. The summed E-state index contributed by atoms with van der Waals surface area (Å²) in [4.78, 5) is 10.8. The molecule has 1 aliphatic rings. The molecule has 0 aromatic carbocycles.